The van der Waals surface area contributed by atoms with E-state index >= 15 is 0 Å². The van der Waals surface area contributed by atoms with Gasteiger partial charge in [0.2, 0.25) is 0 Å². The van der Waals surface area contributed by atoms with E-state index in [9.17, 15) is 0 Å². The van der Waals surface area contributed by atoms with Crippen LogP contribution < -0.4 is 4.90 Å². The van der Waals surface area contributed by atoms with Gasteiger partial charge in [-0.05, 0) is 80.6 Å². The standard InChI is InChI=1S/C35H29N/c1-24-22-31(36(29-13-4-2-5-14-29)30-15-6-3-7-16-30)17-9-11-26-19-21-27-20-18-25-10-8-12-28-23-32(24)34(26)35(27)33(25)28/h2-10,12-15,17-24,30H,11,16H2,1H3/b17-9-,31-22+/t24?,30-/m0/s1. The van der Waals surface area contributed by atoms with Gasteiger partial charge in [0.05, 0.1) is 6.04 Å². The summed E-state index contributed by atoms with van der Waals surface area (Å²) >= 11 is 0. The van der Waals surface area contributed by atoms with Crippen LogP contribution in [0.5, 0.6) is 0 Å². The number of hydrogen-bond acceptors (Lipinski definition) is 1. The molecule has 5 aromatic rings. The number of rotatable bonds is 3. The molecule has 36 heavy (non-hydrogen) atoms. The van der Waals surface area contributed by atoms with Crippen molar-refractivity contribution in [1.29, 1.82) is 0 Å². The van der Waals surface area contributed by atoms with E-state index in [2.05, 4.69) is 133 Å². The van der Waals surface area contributed by atoms with E-state index in [0.717, 1.165) is 12.8 Å². The Morgan fingerprint density at radius 1 is 0.722 bits per heavy atom. The number of para-hydroxylation sites is 1. The van der Waals surface area contributed by atoms with Crippen LogP contribution >= 0.6 is 0 Å². The number of allylic oxidation sites excluding steroid dienone is 5. The molecule has 0 spiro atoms. The summed E-state index contributed by atoms with van der Waals surface area (Å²) in [6.45, 7) is 2.36. The van der Waals surface area contributed by atoms with Crippen molar-refractivity contribution in [1.82, 2.24) is 0 Å². The summed E-state index contributed by atoms with van der Waals surface area (Å²) in [5.74, 6) is 0.269. The average Bonchev–Trinajstić information content (AvgIpc) is 2.99. The van der Waals surface area contributed by atoms with Crippen molar-refractivity contribution in [3.63, 3.8) is 0 Å². The van der Waals surface area contributed by atoms with Gasteiger partial charge in [-0.2, -0.15) is 0 Å². The van der Waals surface area contributed by atoms with Gasteiger partial charge in [-0.25, -0.2) is 0 Å². The molecule has 1 nitrogen and oxygen atoms in total. The van der Waals surface area contributed by atoms with E-state index in [4.69, 9.17) is 0 Å². The fraction of sp³-hybridized carbons (Fsp3) is 0.143. The Morgan fingerprint density at radius 3 is 2.36 bits per heavy atom. The lowest BCUT2D eigenvalue weighted by molar-refractivity contribution is 0.756. The molecular formula is C35H29N. The van der Waals surface area contributed by atoms with Crippen LogP contribution in [0.3, 0.4) is 0 Å². The molecule has 7 rings (SSSR count). The molecule has 0 radical (unpaired) electrons. The quantitative estimate of drug-likeness (QED) is 0.241. The first-order chi connectivity index (χ1) is 17.8. The molecule has 0 N–H and O–H groups in total. The second kappa shape index (κ2) is 8.53. The van der Waals surface area contributed by atoms with Gasteiger partial charge in [-0.15, -0.1) is 0 Å². The summed E-state index contributed by atoms with van der Waals surface area (Å²) < 4.78 is 0. The number of hydrogen-bond donors (Lipinski definition) is 0. The first kappa shape index (κ1) is 21.2. The van der Waals surface area contributed by atoms with Crippen LogP contribution in [0.2, 0.25) is 0 Å². The van der Waals surface area contributed by atoms with Crippen molar-refractivity contribution in [2.75, 3.05) is 4.90 Å². The van der Waals surface area contributed by atoms with Gasteiger partial charge in [0.1, 0.15) is 0 Å². The lowest BCUT2D eigenvalue weighted by atomic mass is 9.84. The van der Waals surface area contributed by atoms with Crippen molar-refractivity contribution < 1.29 is 0 Å². The lowest BCUT2D eigenvalue weighted by Crippen LogP contribution is -2.33. The number of anilines is 1. The van der Waals surface area contributed by atoms with Gasteiger partial charge in [0, 0.05) is 17.3 Å². The Labute approximate surface area is 212 Å². The van der Waals surface area contributed by atoms with Gasteiger partial charge in [0.15, 0.2) is 0 Å². The highest BCUT2D eigenvalue weighted by Crippen LogP contribution is 2.42. The average molecular weight is 464 g/mol. The fourth-order valence-corrected chi connectivity index (χ4v) is 6.23. The molecule has 0 aromatic heterocycles. The van der Waals surface area contributed by atoms with E-state index in [1.54, 1.807) is 0 Å². The second-order valence-corrected chi connectivity index (χ2v) is 10.1. The summed E-state index contributed by atoms with van der Waals surface area (Å²) in [6.07, 6.45) is 18.0. The van der Waals surface area contributed by atoms with Crippen molar-refractivity contribution in [2.24, 2.45) is 0 Å². The second-order valence-electron chi connectivity index (χ2n) is 10.1. The minimum Gasteiger partial charge on any atom is -0.335 e. The molecular weight excluding hydrogens is 434 g/mol. The van der Waals surface area contributed by atoms with Crippen molar-refractivity contribution in [3.8, 4) is 0 Å². The molecule has 0 aliphatic heterocycles. The van der Waals surface area contributed by atoms with Crippen LogP contribution in [0.15, 0.2) is 127 Å². The third-order valence-corrected chi connectivity index (χ3v) is 7.88. The van der Waals surface area contributed by atoms with Crippen LogP contribution in [0.1, 0.15) is 30.4 Å². The Balaban J connectivity index is 1.46. The van der Waals surface area contributed by atoms with E-state index < -0.39 is 0 Å². The first-order valence-electron chi connectivity index (χ1n) is 13.0. The van der Waals surface area contributed by atoms with Gasteiger partial charge in [0.25, 0.3) is 0 Å². The van der Waals surface area contributed by atoms with Gasteiger partial charge >= 0.3 is 0 Å². The largest absolute Gasteiger partial charge is 0.335 e. The van der Waals surface area contributed by atoms with E-state index in [-0.39, 0.29) is 5.92 Å². The molecule has 0 saturated heterocycles. The van der Waals surface area contributed by atoms with Gasteiger partial charge in [-0.3, -0.25) is 0 Å². The highest BCUT2D eigenvalue weighted by Gasteiger charge is 2.23. The van der Waals surface area contributed by atoms with E-state index in [0.29, 0.717) is 6.04 Å². The molecule has 5 aromatic carbocycles. The Hall–Kier alpha value is -4.10. The predicted octanol–water partition coefficient (Wildman–Crippen LogP) is 9.07. The van der Waals surface area contributed by atoms with Crippen molar-refractivity contribution >= 4 is 38.0 Å². The summed E-state index contributed by atoms with van der Waals surface area (Å²) in [5.41, 5.74) is 5.34. The lowest BCUT2D eigenvalue weighted by Gasteiger charge is -2.34. The molecule has 174 valence electrons. The van der Waals surface area contributed by atoms with Crippen molar-refractivity contribution in [2.45, 2.75) is 31.7 Å². The van der Waals surface area contributed by atoms with E-state index in [1.807, 2.05) is 0 Å². The fourth-order valence-electron chi connectivity index (χ4n) is 6.23. The molecule has 0 bridgehead atoms. The zero-order valence-electron chi connectivity index (χ0n) is 20.6. The maximum Gasteiger partial charge on any atom is 0.0559 e. The molecule has 2 aliphatic carbocycles. The molecule has 0 saturated carbocycles. The Morgan fingerprint density at radius 2 is 1.53 bits per heavy atom. The Bertz CT molecular complexity index is 1700. The minimum atomic E-state index is 0.269. The Kier molecular flexibility index (Phi) is 5.03. The maximum atomic E-state index is 2.51. The summed E-state index contributed by atoms with van der Waals surface area (Å²) in [6, 6.07) is 29.5. The molecule has 0 amide bonds. The molecule has 1 heteroatoms. The summed E-state index contributed by atoms with van der Waals surface area (Å²) in [4.78, 5) is 2.51. The molecule has 0 heterocycles. The van der Waals surface area contributed by atoms with Crippen molar-refractivity contribution in [3.05, 3.63) is 138 Å². The molecule has 2 atom stereocenters. The zero-order valence-corrected chi connectivity index (χ0v) is 20.6. The topological polar surface area (TPSA) is 3.24 Å². The van der Waals surface area contributed by atoms with Crippen LogP contribution in [-0.2, 0) is 6.42 Å². The molecule has 0 fully saturated rings. The highest BCUT2D eigenvalue weighted by atomic mass is 15.2. The number of benzene rings is 5. The maximum absolute atomic E-state index is 2.51. The molecule has 2 aliphatic rings. The third-order valence-electron chi connectivity index (χ3n) is 7.88. The van der Waals surface area contributed by atoms with Gasteiger partial charge in [-0.1, -0.05) is 104 Å². The summed E-state index contributed by atoms with van der Waals surface area (Å²) in [5, 5.41) is 8.28. The number of nitrogens with zero attached hydrogens (tertiary/aromatic N) is 1. The van der Waals surface area contributed by atoms with Gasteiger partial charge < -0.3 is 4.90 Å². The van der Waals surface area contributed by atoms with E-state index in [1.165, 1.54) is 54.8 Å². The monoisotopic (exact) mass is 463 g/mol. The normalized spacial score (nSPS) is 21.8. The van der Waals surface area contributed by atoms with Crippen LogP contribution in [0, 0.1) is 0 Å². The summed E-state index contributed by atoms with van der Waals surface area (Å²) in [7, 11) is 0. The highest BCUT2D eigenvalue weighted by molar-refractivity contribution is 6.24. The SMILES string of the molecule is CC1/C=C(N(c2ccccc2)[C@H]2C=CC=CC2)\C=C/Cc2ccc3ccc4cccc5cc1c2c3c45. The third kappa shape index (κ3) is 3.38. The first-order valence-corrected chi connectivity index (χ1v) is 13.0. The molecule has 1 unspecified atom stereocenters. The van der Waals surface area contributed by atoms with Crippen LogP contribution in [0.25, 0.3) is 32.3 Å². The smallest absolute Gasteiger partial charge is 0.0559 e. The zero-order chi connectivity index (χ0) is 24.1. The minimum absolute atomic E-state index is 0.269. The van der Waals surface area contributed by atoms with Crippen LogP contribution in [0.4, 0.5) is 5.69 Å². The van der Waals surface area contributed by atoms with Crippen LogP contribution in [-0.4, -0.2) is 6.04 Å². The predicted molar refractivity (Wildman–Crippen MR) is 155 cm³/mol.